The fraction of sp³-hybridized carbons (Fsp3) is 0.579. The molecule has 0 aromatic heterocycles. The predicted molar refractivity (Wildman–Crippen MR) is 98.2 cm³/mol. The summed E-state index contributed by atoms with van der Waals surface area (Å²) in [5, 5.41) is 0. The van der Waals surface area contributed by atoms with Crippen molar-refractivity contribution in [3.63, 3.8) is 0 Å². The van der Waals surface area contributed by atoms with Crippen LogP contribution in [0.2, 0.25) is 0 Å². The molecule has 2 aliphatic heterocycles. The van der Waals surface area contributed by atoms with Gasteiger partial charge in [0.15, 0.2) is 0 Å². The van der Waals surface area contributed by atoms with E-state index in [1.165, 1.54) is 0 Å². The molecular formula is C19H24N2O4S. The zero-order valence-corrected chi connectivity index (χ0v) is 16.0. The first-order valence-electron chi connectivity index (χ1n) is 9.02. The van der Waals surface area contributed by atoms with Crippen LogP contribution in [0, 0.1) is 0 Å². The highest BCUT2D eigenvalue weighted by Crippen LogP contribution is 2.50. The van der Waals surface area contributed by atoms with Gasteiger partial charge in [-0.05, 0) is 30.5 Å². The van der Waals surface area contributed by atoms with Crippen LogP contribution in [-0.4, -0.2) is 63.7 Å². The maximum absolute atomic E-state index is 13.2. The highest BCUT2D eigenvalue weighted by atomic mass is 32.2. The Morgan fingerprint density at radius 2 is 1.73 bits per heavy atom. The number of rotatable bonds is 3. The number of benzene rings is 1. The van der Waals surface area contributed by atoms with Crippen LogP contribution in [0.15, 0.2) is 24.3 Å². The topological polar surface area (TPSA) is 66.9 Å². The Balaban J connectivity index is 1.48. The van der Waals surface area contributed by atoms with Crippen molar-refractivity contribution in [2.75, 3.05) is 33.0 Å². The first-order chi connectivity index (χ1) is 12.4. The Kier molecular flexibility index (Phi) is 4.10. The number of ether oxygens (including phenoxy) is 1. The molecule has 140 valence electrons. The third kappa shape index (κ3) is 2.47. The largest absolute Gasteiger partial charge is 0.497 e. The fourth-order valence-corrected chi connectivity index (χ4v) is 6.04. The molecule has 0 radical (unpaired) electrons. The third-order valence-corrected chi connectivity index (χ3v) is 8.34. The van der Waals surface area contributed by atoms with Gasteiger partial charge >= 0.3 is 0 Å². The molecule has 1 saturated carbocycles. The van der Waals surface area contributed by atoms with E-state index in [0.29, 0.717) is 25.9 Å². The fourth-order valence-electron chi connectivity index (χ4n) is 4.31. The molecule has 2 amide bonds. The molecule has 1 spiro atoms. The molecule has 1 aromatic rings. The maximum Gasteiger partial charge on any atom is 0.236 e. The number of carbonyl (C=O) groups is 2. The Bertz CT molecular complexity index is 764. The smallest absolute Gasteiger partial charge is 0.236 e. The van der Waals surface area contributed by atoms with Crippen molar-refractivity contribution in [1.82, 2.24) is 9.80 Å². The molecule has 1 aromatic carbocycles. The second kappa shape index (κ2) is 6.08. The van der Waals surface area contributed by atoms with Gasteiger partial charge in [0.1, 0.15) is 16.4 Å². The minimum Gasteiger partial charge on any atom is -0.497 e. The van der Waals surface area contributed by atoms with Gasteiger partial charge in [-0.1, -0.05) is 12.1 Å². The van der Waals surface area contributed by atoms with E-state index >= 15 is 0 Å². The van der Waals surface area contributed by atoms with E-state index in [1.807, 2.05) is 29.2 Å². The molecule has 3 fully saturated rings. The highest BCUT2D eigenvalue weighted by Gasteiger charge is 2.56. The second-order valence-corrected chi connectivity index (χ2v) is 9.23. The lowest BCUT2D eigenvalue weighted by molar-refractivity contribution is -0.136. The quantitative estimate of drug-likeness (QED) is 0.797. The number of hydrogen-bond acceptors (Lipinski definition) is 4. The van der Waals surface area contributed by atoms with Crippen LogP contribution in [0.5, 0.6) is 5.75 Å². The Hall–Kier alpha value is -1.89. The number of methoxy groups -OCH3 is 1. The molecule has 2 heterocycles. The van der Waals surface area contributed by atoms with Crippen LogP contribution in [0.4, 0.5) is 0 Å². The molecule has 0 N–H and O–H groups in total. The van der Waals surface area contributed by atoms with Crippen molar-refractivity contribution < 1.29 is 18.5 Å². The zero-order valence-electron chi connectivity index (χ0n) is 15.2. The van der Waals surface area contributed by atoms with Gasteiger partial charge in [-0.15, -0.1) is 0 Å². The molecule has 1 aliphatic carbocycles. The number of piperidine rings is 1. The SMILES string of the molecule is COc1ccc(C2(C(=O)N3CCC4(CC3)N(C)C(=O)CS4=O)CC2)cc1. The zero-order chi connectivity index (χ0) is 18.5. The molecule has 26 heavy (non-hydrogen) atoms. The molecule has 6 nitrogen and oxygen atoms in total. The number of nitrogens with zero attached hydrogens (tertiary/aromatic N) is 2. The average molecular weight is 376 g/mol. The Morgan fingerprint density at radius 3 is 2.19 bits per heavy atom. The summed E-state index contributed by atoms with van der Waals surface area (Å²) in [5.41, 5.74) is 0.633. The average Bonchev–Trinajstić information content (AvgIpc) is 3.45. The Labute approximate surface area is 155 Å². The molecule has 7 heteroatoms. The summed E-state index contributed by atoms with van der Waals surface area (Å²) in [4.78, 5) is 28.1. The summed E-state index contributed by atoms with van der Waals surface area (Å²) in [5.74, 6) is 1.00. The van der Waals surface area contributed by atoms with E-state index < -0.39 is 21.1 Å². The van der Waals surface area contributed by atoms with Crippen LogP contribution in [-0.2, 0) is 25.8 Å². The minimum atomic E-state index is -1.18. The van der Waals surface area contributed by atoms with E-state index in [9.17, 15) is 13.8 Å². The summed E-state index contributed by atoms with van der Waals surface area (Å²) in [6.45, 7) is 1.11. The monoisotopic (exact) mass is 376 g/mol. The lowest BCUT2D eigenvalue weighted by Gasteiger charge is -2.43. The van der Waals surface area contributed by atoms with Gasteiger partial charge in [0.05, 0.1) is 23.3 Å². The van der Waals surface area contributed by atoms with Crippen LogP contribution in [0.25, 0.3) is 0 Å². The summed E-state index contributed by atoms with van der Waals surface area (Å²) in [6, 6.07) is 7.76. The Morgan fingerprint density at radius 1 is 1.12 bits per heavy atom. The van der Waals surface area contributed by atoms with E-state index in [1.54, 1.807) is 19.1 Å². The van der Waals surface area contributed by atoms with Gasteiger partial charge in [0.2, 0.25) is 11.8 Å². The first-order valence-corrected chi connectivity index (χ1v) is 10.3. The first kappa shape index (κ1) is 17.5. The summed E-state index contributed by atoms with van der Waals surface area (Å²) in [7, 11) is 2.19. The molecular weight excluding hydrogens is 352 g/mol. The summed E-state index contributed by atoms with van der Waals surface area (Å²) in [6.07, 6.45) is 2.91. The number of carbonyl (C=O) groups excluding carboxylic acids is 2. The third-order valence-electron chi connectivity index (χ3n) is 6.30. The standard InChI is InChI=1S/C19H24N2O4S/c1-20-16(22)13-26(24)19(20)9-11-21(12-10-19)17(23)18(7-8-18)14-3-5-15(25-2)6-4-14/h3-6H,7-13H2,1-2H3. The highest BCUT2D eigenvalue weighted by molar-refractivity contribution is 7.87. The van der Waals surface area contributed by atoms with E-state index in [0.717, 1.165) is 24.2 Å². The van der Waals surface area contributed by atoms with Crippen LogP contribution in [0.3, 0.4) is 0 Å². The molecule has 1 unspecified atom stereocenters. The maximum atomic E-state index is 13.2. The van der Waals surface area contributed by atoms with E-state index in [-0.39, 0.29) is 17.6 Å². The van der Waals surface area contributed by atoms with Crippen molar-refractivity contribution in [1.29, 1.82) is 0 Å². The van der Waals surface area contributed by atoms with Crippen molar-refractivity contribution in [2.24, 2.45) is 0 Å². The van der Waals surface area contributed by atoms with Crippen molar-refractivity contribution >= 4 is 22.6 Å². The molecule has 1 atom stereocenters. The normalized spacial score (nSPS) is 26.2. The minimum absolute atomic E-state index is 0.0556. The molecule has 2 saturated heterocycles. The van der Waals surface area contributed by atoms with Crippen molar-refractivity contribution in [3.05, 3.63) is 29.8 Å². The molecule has 3 aliphatic rings. The second-order valence-electron chi connectivity index (χ2n) is 7.49. The van der Waals surface area contributed by atoms with E-state index in [2.05, 4.69) is 0 Å². The van der Waals surface area contributed by atoms with Crippen LogP contribution in [0.1, 0.15) is 31.2 Å². The van der Waals surface area contributed by atoms with Gasteiger partial charge in [-0.25, -0.2) is 0 Å². The van der Waals surface area contributed by atoms with Gasteiger partial charge in [-0.2, -0.15) is 0 Å². The van der Waals surface area contributed by atoms with Crippen LogP contribution >= 0.6 is 0 Å². The van der Waals surface area contributed by atoms with Crippen molar-refractivity contribution in [2.45, 2.75) is 36.0 Å². The van der Waals surface area contributed by atoms with Gasteiger partial charge in [-0.3, -0.25) is 13.8 Å². The van der Waals surface area contributed by atoms with Gasteiger partial charge < -0.3 is 14.5 Å². The lowest BCUT2D eigenvalue weighted by Crippen LogP contribution is -2.55. The predicted octanol–water partition coefficient (Wildman–Crippen LogP) is 1.27. The number of amides is 2. The lowest BCUT2D eigenvalue weighted by atomic mass is 9.92. The molecule has 0 bridgehead atoms. The summed E-state index contributed by atoms with van der Waals surface area (Å²) < 4.78 is 17.7. The van der Waals surface area contributed by atoms with Crippen LogP contribution < -0.4 is 4.74 Å². The number of hydrogen-bond donors (Lipinski definition) is 0. The number of likely N-dealkylation sites (tertiary alicyclic amines) is 1. The van der Waals surface area contributed by atoms with Gasteiger partial charge in [0.25, 0.3) is 0 Å². The van der Waals surface area contributed by atoms with E-state index in [4.69, 9.17) is 4.74 Å². The van der Waals surface area contributed by atoms with Gasteiger partial charge in [0, 0.05) is 33.0 Å². The van der Waals surface area contributed by atoms with Crippen molar-refractivity contribution in [3.8, 4) is 5.75 Å². The molecule has 4 rings (SSSR count). The summed E-state index contributed by atoms with van der Waals surface area (Å²) >= 11 is 0.